The summed E-state index contributed by atoms with van der Waals surface area (Å²) in [6.07, 6.45) is 0.991. The fourth-order valence-corrected chi connectivity index (χ4v) is 1.35. The zero-order valence-corrected chi connectivity index (χ0v) is 10.7. The number of carbonyl (C=O) groups is 2. The summed E-state index contributed by atoms with van der Waals surface area (Å²) in [4.78, 5) is 24.4. The van der Waals surface area contributed by atoms with E-state index in [1.54, 1.807) is 0 Å². The SMILES string of the molecule is CCC(C)N(C)CC(NC(C)=O)C(=O)OC. The van der Waals surface area contributed by atoms with E-state index in [1.165, 1.54) is 14.0 Å². The van der Waals surface area contributed by atoms with Gasteiger partial charge in [0.05, 0.1) is 7.11 Å². The number of hydrogen-bond acceptors (Lipinski definition) is 4. The van der Waals surface area contributed by atoms with Crippen molar-refractivity contribution in [1.82, 2.24) is 10.2 Å². The summed E-state index contributed by atoms with van der Waals surface area (Å²) < 4.78 is 4.65. The lowest BCUT2D eigenvalue weighted by Crippen LogP contribution is -2.49. The minimum atomic E-state index is -0.596. The number of esters is 1. The van der Waals surface area contributed by atoms with Crippen LogP contribution >= 0.6 is 0 Å². The quantitative estimate of drug-likeness (QED) is 0.671. The van der Waals surface area contributed by atoms with Crippen molar-refractivity contribution < 1.29 is 14.3 Å². The molecule has 94 valence electrons. The van der Waals surface area contributed by atoms with Crippen molar-refractivity contribution in [2.45, 2.75) is 39.3 Å². The summed E-state index contributed by atoms with van der Waals surface area (Å²) in [6, 6.07) is -0.234. The minimum absolute atomic E-state index is 0.229. The Balaban J connectivity index is 4.41. The first-order valence-corrected chi connectivity index (χ1v) is 5.47. The van der Waals surface area contributed by atoms with Gasteiger partial charge in [0, 0.05) is 19.5 Å². The zero-order valence-electron chi connectivity index (χ0n) is 10.7. The fraction of sp³-hybridized carbons (Fsp3) is 0.818. The maximum absolute atomic E-state index is 11.4. The van der Waals surface area contributed by atoms with Crippen molar-refractivity contribution in [3.63, 3.8) is 0 Å². The van der Waals surface area contributed by atoms with E-state index >= 15 is 0 Å². The van der Waals surface area contributed by atoms with Crippen LogP contribution in [0.4, 0.5) is 0 Å². The Bertz CT molecular complexity index is 243. The normalized spacial score (nSPS) is 14.4. The second-order valence-electron chi connectivity index (χ2n) is 3.97. The van der Waals surface area contributed by atoms with Gasteiger partial charge in [-0.25, -0.2) is 4.79 Å². The monoisotopic (exact) mass is 230 g/mol. The van der Waals surface area contributed by atoms with Crippen LogP contribution in [-0.4, -0.2) is 49.6 Å². The molecule has 16 heavy (non-hydrogen) atoms. The van der Waals surface area contributed by atoms with Gasteiger partial charge in [-0.2, -0.15) is 0 Å². The molecule has 0 fully saturated rings. The molecular formula is C11H22N2O3. The van der Waals surface area contributed by atoms with Crippen molar-refractivity contribution in [3.8, 4) is 0 Å². The highest BCUT2D eigenvalue weighted by atomic mass is 16.5. The topological polar surface area (TPSA) is 58.6 Å². The molecule has 1 N–H and O–H groups in total. The van der Waals surface area contributed by atoms with Gasteiger partial charge in [-0.1, -0.05) is 6.92 Å². The molecule has 0 saturated heterocycles. The van der Waals surface area contributed by atoms with Crippen LogP contribution in [-0.2, 0) is 14.3 Å². The van der Waals surface area contributed by atoms with Gasteiger partial charge in [0.15, 0.2) is 0 Å². The van der Waals surface area contributed by atoms with Gasteiger partial charge in [0.25, 0.3) is 0 Å². The number of hydrogen-bond donors (Lipinski definition) is 1. The summed E-state index contributed by atoms with van der Waals surface area (Å²) >= 11 is 0. The van der Waals surface area contributed by atoms with E-state index in [0.29, 0.717) is 12.6 Å². The molecule has 0 saturated carbocycles. The Morgan fingerprint density at radius 3 is 2.38 bits per heavy atom. The van der Waals surface area contributed by atoms with E-state index in [-0.39, 0.29) is 5.91 Å². The average Bonchev–Trinajstić information content (AvgIpc) is 2.25. The first kappa shape index (κ1) is 14.9. The first-order valence-electron chi connectivity index (χ1n) is 5.47. The largest absolute Gasteiger partial charge is 0.467 e. The summed E-state index contributed by atoms with van der Waals surface area (Å²) in [7, 11) is 3.24. The van der Waals surface area contributed by atoms with Crippen LogP contribution < -0.4 is 5.32 Å². The number of rotatable bonds is 6. The molecule has 1 amide bonds. The molecule has 0 aromatic rings. The number of likely N-dealkylation sites (N-methyl/N-ethyl adjacent to an activating group) is 1. The van der Waals surface area contributed by atoms with E-state index in [0.717, 1.165) is 6.42 Å². The molecule has 2 unspecified atom stereocenters. The number of amides is 1. The Labute approximate surface area is 97.1 Å². The summed E-state index contributed by atoms with van der Waals surface area (Å²) in [5.41, 5.74) is 0. The molecule has 0 aliphatic rings. The molecule has 0 rings (SSSR count). The second kappa shape index (κ2) is 7.22. The molecule has 0 radical (unpaired) electrons. The van der Waals surface area contributed by atoms with Gasteiger partial charge in [0.1, 0.15) is 6.04 Å². The van der Waals surface area contributed by atoms with Crippen molar-refractivity contribution in [2.24, 2.45) is 0 Å². The Morgan fingerprint density at radius 1 is 1.44 bits per heavy atom. The lowest BCUT2D eigenvalue weighted by Gasteiger charge is -2.27. The molecule has 0 aromatic heterocycles. The Morgan fingerprint density at radius 2 is 2.00 bits per heavy atom. The molecule has 5 nitrogen and oxygen atoms in total. The van der Waals surface area contributed by atoms with Crippen LogP contribution in [0.2, 0.25) is 0 Å². The van der Waals surface area contributed by atoms with Crippen molar-refractivity contribution in [2.75, 3.05) is 20.7 Å². The second-order valence-corrected chi connectivity index (χ2v) is 3.97. The van der Waals surface area contributed by atoms with Crippen LogP contribution in [0.1, 0.15) is 27.2 Å². The fourth-order valence-electron chi connectivity index (χ4n) is 1.35. The number of carbonyl (C=O) groups excluding carboxylic acids is 2. The third-order valence-electron chi connectivity index (χ3n) is 2.68. The van der Waals surface area contributed by atoms with Gasteiger partial charge >= 0.3 is 5.97 Å². The molecule has 0 aliphatic heterocycles. The molecule has 0 heterocycles. The first-order chi connectivity index (χ1) is 7.42. The van der Waals surface area contributed by atoms with E-state index in [1.807, 2.05) is 11.9 Å². The molecule has 0 bridgehead atoms. The van der Waals surface area contributed by atoms with Crippen molar-refractivity contribution in [1.29, 1.82) is 0 Å². The maximum atomic E-state index is 11.4. The van der Waals surface area contributed by atoms with Gasteiger partial charge in [0.2, 0.25) is 5.91 Å². The van der Waals surface area contributed by atoms with Crippen molar-refractivity contribution in [3.05, 3.63) is 0 Å². The van der Waals surface area contributed by atoms with Gasteiger partial charge in [-0.3, -0.25) is 4.79 Å². The number of nitrogens with one attached hydrogen (secondary N) is 1. The molecule has 2 atom stereocenters. The number of ether oxygens (including phenoxy) is 1. The Hall–Kier alpha value is -1.10. The molecule has 0 aromatic carbocycles. The third-order valence-corrected chi connectivity index (χ3v) is 2.68. The number of nitrogens with zero attached hydrogens (tertiary/aromatic N) is 1. The minimum Gasteiger partial charge on any atom is -0.467 e. The predicted octanol–water partition coefficient (Wildman–Crippen LogP) is 0.394. The zero-order chi connectivity index (χ0) is 12.7. The highest BCUT2D eigenvalue weighted by Crippen LogP contribution is 2.02. The van der Waals surface area contributed by atoms with Gasteiger partial charge in [-0.05, 0) is 20.4 Å². The standard InChI is InChI=1S/C11H22N2O3/c1-6-8(2)13(4)7-10(11(15)16-5)12-9(3)14/h8,10H,6-7H2,1-5H3,(H,12,14). The van der Waals surface area contributed by atoms with Gasteiger partial charge in [-0.15, -0.1) is 0 Å². The van der Waals surface area contributed by atoms with Crippen molar-refractivity contribution >= 4 is 11.9 Å². The third kappa shape index (κ3) is 5.11. The molecule has 5 heteroatoms. The maximum Gasteiger partial charge on any atom is 0.329 e. The van der Waals surface area contributed by atoms with E-state index in [9.17, 15) is 9.59 Å². The van der Waals surface area contributed by atoms with Crippen LogP contribution in [0.5, 0.6) is 0 Å². The van der Waals surface area contributed by atoms with Gasteiger partial charge < -0.3 is 15.0 Å². The van der Waals surface area contributed by atoms with Crippen LogP contribution in [0.25, 0.3) is 0 Å². The number of methoxy groups -OCH3 is 1. The Kier molecular flexibility index (Phi) is 6.72. The van der Waals surface area contributed by atoms with E-state index < -0.39 is 12.0 Å². The lowest BCUT2D eigenvalue weighted by molar-refractivity contribution is -0.145. The summed E-state index contributed by atoms with van der Waals surface area (Å²) in [5, 5.41) is 2.59. The van der Waals surface area contributed by atoms with Crippen LogP contribution in [0.15, 0.2) is 0 Å². The van der Waals surface area contributed by atoms with E-state index in [4.69, 9.17) is 0 Å². The highest BCUT2D eigenvalue weighted by molar-refractivity contribution is 5.83. The summed E-state index contributed by atoms with van der Waals surface area (Å²) in [6.45, 7) is 6.00. The molecule has 0 spiro atoms. The molecule has 0 aliphatic carbocycles. The smallest absolute Gasteiger partial charge is 0.329 e. The van der Waals surface area contributed by atoms with E-state index in [2.05, 4.69) is 23.9 Å². The predicted molar refractivity (Wildman–Crippen MR) is 62.0 cm³/mol. The summed E-state index contributed by atoms with van der Waals surface area (Å²) in [5.74, 6) is -0.640. The average molecular weight is 230 g/mol. The highest BCUT2D eigenvalue weighted by Gasteiger charge is 2.23. The molecular weight excluding hydrogens is 208 g/mol. The van der Waals surface area contributed by atoms with Crippen LogP contribution in [0.3, 0.4) is 0 Å². The lowest BCUT2D eigenvalue weighted by atomic mass is 10.2. The van der Waals surface area contributed by atoms with Crippen LogP contribution in [0, 0.1) is 0 Å².